The monoisotopic (exact) mass is 163 g/mol. The van der Waals surface area contributed by atoms with Crippen LogP contribution >= 0.6 is 25.5 Å². The smallest absolute Gasteiger partial charge is 0.138 e. The maximum absolute atomic E-state index is 3.96. The number of nitrogens with zero attached hydrogens (tertiary/aromatic N) is 1. The van der Waals surface area contributed by atoms with E-state index in [9.17, 15) is 0 Å². The summed E-state index contributed by atoms with van der Waals surface area (Å²) in [6.07, 6.45) is 0. The van der Waals surface area contributed by atoms with Gasteiger partial charge in [-0.05, 0) is 0 Å². The van der Waals surface area contributed by atoms with Crippen molar-refractivity contribution >= 4 is 55.1 Å². The van der Waals surface area contributed by atoms with E-state index in [1.54, 1.807) is 0 Å². The van der Waals surface area contributed by atoms with Gasteiger partial charge < -0.3 is 9.02 Å². The number of nitrogens with one attached hydrogen (secondary N) is 2. The van der Waals surface area contributed by atoms with E-state index in [0.717, 1.165) is 8.51 Å². The Kier molecular flexibility index (Phi) is 6.45. The summed E-state index contributed by atoms with van der Waals surface area (Å²) in [6.45, 7) is 0. The molecule has 1 heterocycles. The number of rotatable bonds is 0. The number of hydrogen-bond acceptors (Lipinski definition) is 1. The molecular formula is H5N3NaP3. The quantitative estimate of drug-likeness (QED) is 0.547. The van der Waals surface area contributed by atoms with Gasteiger partial charge in [0.05, 0.1) is 0 Å². The van der Waals surface area contributed by atoms with Crippen LogP contribution in [0.1, 0.15) is 0 Å². The Bertz CT molecular complexity index is 82.1. The summed E-state index contributed by atoms with van der Waals surface area (Å²) >= 11 is 0. The normalized spacial score (nSPS) is 10.3. The van der Waals surface area contributed by atoms with Crippen molar-refractivity contribution in [3.63, 3.8) is 0 Å². The Morgan fingerprint density at radius 3 is 2.57 bits per heavy atom. The van der Waals surface area contributed by atoms with Gasteiger partial charge in [0, 0.05) is 17.0 Å². The number of H-pyrrole nitrogens is 2. The SMILES string of the molecule is [NaH].n1p[nH][pH][nH][pH]1. The molecule has 7 heteroatoms. The molecule has 2 N–H and O–H groups in total. The first-order valence-electron chi connectivity index (χ1n) is 1.40. The summed E-state index contributed by atoms with van der Waals surface area (Å²) in [5.74, 6) is 0. The van der Waals surface area contributed by atoms with Crippen molar-refractivity contribution in [2.75, 3.05) is 0 Å². The summed E-state index contributed by atoms with van der Waals surface area (Å²) in [5, 5.41) is 0. The predicted molar refractivity (Wildman–Crippen MR) is 39.2 cm³/mol. The van der Waals surface area contributed by atoms with Crippen molar-refractivity contribution in [3.8, 4) is 0 Å². The minimum atomic E-state index is 0. The first-order chi connectivity index (χ1) is 3.00. The second-order valence-corrected chi connectivity index (χ2v) is 4.04. The fraction of sp³-hybridized carbons (Fsp3) is 0. The van der Waals surface area contributed by atoms with Crippen LogP contribution in [0, 0.1) is 0 Å². The van der Waals surface area contributed by atoms with Crippen LogP contribution in [-0.2, 0) is 0 Å². The molecule has 2 atom stereocenters. The van der Waals surface area contributed by atoms with E-state index in [-0.39, 0.29) is 29.6 Å². The van der Waals surface area contributed by atoms with Gasteiger partial charge in [-0.25, -0.2) is 0 Å². The Morgan fingerprint density at radius 2 is 2.43 bits per heavy atom. The maximum atomic E-state index is 3.96. The molecule has 0 aliphatic carbocycles. The van der Waals surface area contributed by atoms with E-state index in [1.165, 1.54) is 0 Å². The Hall–Kier alpha value is 1.30. The summed E-state index contributed by atoms with van der Waals surface area (Å²) in [5.41, 5.74) is 0. The molecule has 2 unspecified atom stereocenters. The second kappa shape index (κ2) is 5.44. The topological polar surface area (TPSA) is 44.5 Å². The fourth-order valence-electron chi connectivity index (χ4n) is 0.156. The molecule has 1 rings (SSSR count). The molecule has 36 valence electrons. The van der Waals surface area contributed by atoms with Gasteiger partial charge in [-0.3, -0.25) is 0 Å². The maximum Gasteiger partial charge on any atom is 0.138 e. The van der Waals surface area contributed by atoms with Gasteiger partial charge in [-0.15, -0.1) is 0 Å². The van der Waals surface area contributed by atoms with E-state index in [1.807, 2.05) is 0 Å². The van der Waals surface area contributed by atoms with E-state index in [4.69, 9.17) is 0 Å². The van der Waals surface area contributed by atoms with E-state index in [0.29, 0.717) is 17.0 Å². The van der Waals surface area contributed by atoms with Crippen LogP contribution in [0.5, 0.6) is 0 Å². The average Bonchev–Trinajstić information content (AvgIpc) is 1.72. The van der Waals surface area contributed by atoms with Gasteiger partial charge in [-0.1, -0.05) is 0 Å². The van der Waals surface area contributed by atoms with Crippen LogP contribution in [0.3, 0.4) is 0 Å². The number of aromatic amines is 2. The molecule has 0 fully saturated rings. The third-order valence-electron chi connectivity index (χ3n) is 0.324. The van der Waals surface area contributed by atoms with Crippen LogP contribution in [0.4, 0.5) is 0 Å². The molecule has 7 heavy (non-hydrogen) atoms. The third-order valence-corrected chi connectivity index (χ3v) is 2.92. The molecular weight excluding hydrogens is 158 g/mol. The zero-order valence-electron chi connectivity index (χ0n) is 2.89. The van der Waals surface area contributed by atoms with Crippen LogP contribution in [0.25, 0.3) is 0 Å². The summed E-state index contributed by atoms with van der Waals surface area (Å²) in [4.78, 5) is 0. The van der Waals surface area contributed by atoms with Crippen LogP contribution in [0.2, 0.25) is 0 Å². The molecule has 0 aliphatic heterocycles. The molecule has 0 bridgehead atoms. The van der Waals surface area contributed by atoms with Crippen LogP contribution < -0.4 is 0 Å². The van der Waals surface area contributed by atoms with Gasteiger partial charge in [0.15, 0.2) is 0 Å². The molecule has 1 aromatic rings. The summed E-state index contributed by atoms with van der Waals surface area (Å²) in [7, 11) is 2.36. The summed E-state index contributed by atoms with van der Waals surface area (Å²) < 4.78 is 10.0. The largest absolute Gasteiger partial charge is 0.313 e. The molecule has 0 aliphatic rings. The Labute approximate surface area is 68.3 Å². The zero-order valence-corrected chi connectivity index (χ0v) is 5.79. The van der Waals surface area contributed by atoms with Gasteiger partial charge in [0.25, 0.3) is 0 Å². The Balaban J connectivity index is 0.000000360. The van der Waals surface area contributed by atoms with Crippen molar-refractivity contribution < 1.29 is 0 Å². The molecule has 0 aromatic carbocycles. The predicted octanol–water partition coefficient (Wildman–Crippen LogP) is 0.856. The molecule has 3 nitrogen and oxygen atoms in total. The van der Waals surface area contributed by atoms with Gasteiger partial charge in [0.2, 0.25) is 0 Å². The van der Waals surface area contributed by atoms with Crippen molar-refractivity contribution in [1.29, 1.82) is 0 Å². The fourth-order valence-corrected chi connectivity index (χ4v) is 2.81. The van der Waals surface area contributed by atoms with Gasteiger partial charge >= 0.3 is 29.6 Å². The standard InChI is InChI=1S/H4N3P3.Na.H/c1-4-2-6-3-5-1;;/h1,4-5H,(H,2,3);;. The van der Waals surface area contributed by atoms with Crippen molar-refractivity contribution in [3.05, 3.63) is 0 Å². The minimum absolute atomic E-state index is 0. The molecule has 1 aromatic heterocycles. The van der Waals surface area contributed by atoms with Crippen LogP contribution in [0.15, 0.2) is 0 Å². The van der Waals surface area contributed by atoms with Crippen LogP contribution in [-0.4, -0.2) is 43.1 Å². The van der Waals surface area contributed by atoms with E-state index in [2.05, 4.69) is 13.5 Å². The number of aromatic nitrogens is 3. The van der Waals surface area contributed by atoms with Crippen molar-refractivity contribution in [2.45, 2.75) is 0 Å². The minimum Gasteiger partial charge on any atom is -0.313 e. The zero-order chi connectivity index (χ0) is 4.24. The van der Waals surface area contributed by atoms with Crippen molar-refractivity contribution in [1.82, 2.24) is 13.5 Å². The summed E-state index contributed by atoms with van der Waals surface area (Å²) in [6, 6.07) is 0. The molecule has 0 spiro atoms. The molecule has 0 saturated carbocycles. The van der Waals surface area contributed by atoms with Crippen molar-refractivity contribution in [2.24, 2.45) is 0 Å². The van der Waals surface area contributed by atoms with E-state index < -0.39 is 0 Å². The number of hydrogen-bond donors (Lipinski definition) is 2. The molecule has 0 radical (unpaired) electrons. The first-order valence-corrected chi connectivity index (χ1v) is 4.19. The average molecular weight is 163 g/mol. The van der Waals surface area contributed by atoms with E-state index >= 15 is 0 Å². The third kappa shape index (κ3) is 3.85. The Morgan fingerprint density at radius 1 is 1.57 bits per heavy atom. The first kappa shape index (κ1) is 8.30. The molecule has 0 amide bonds. The van der Waals surface area contributed by atoms with Gasteiger partial charge in [-0.2, -0.15) is 4.51 Å². The van der Waals surface area contributed by atoms with Gasteiger partial charge in [0.1, 0.15) is 8.51 Å². The second-order valence-electron chi connectivity index (χ2n) is 0.674. The molecule has 0 saturated heterocycles.